The number of para-hydroxylation sites is 2. The molecule has 2 aromatic carbocycles. The summed E-state index contributed by atoms with van der Waals surface area (Å²) in [5, 5.41) is 6.55. The van der Waals surface area contributed by atoms with E-state index < -0.39 is 5.97 Å². The molecule has 0 saturated heterocycles. The zero-order valence-electron chi connectivity index (χ0n) is 15.6. The highest BCUT2D eigenvalue weighted by atomic mass is 16.5. The van der Waals surface area contributed by atoms with Crippen molar-refractivity contribution < 1.29 is 9.53 Å². The van der Waals surface area contributed by atoms with E-state index in [0.29, 0.717) is 22.9 Å². The van der Waals surface area contributed by atoms with E-state index in [4.69, 9.17) is 4.74 Å². The van der Waals surface area contributed by atoms with Crippen molar-refractivity contribution >= 4 is 29.0 Å². The lowest BCUT2D eigenvalue weighted by Crippen LogP contribution is -2.06. The average Bonchev–Trinajstić information content (AvgIpc) is 2.69. The predicted octanol–water partition coefficient (Wildman–Crippen LogP) is 4.62. The van der Waals surface area contributed by atoms with Crippen LogP contribution in [0.4, 0.5) is 23.0 Å². The Morgan fingerprint density at radius 3 is 2.52 bits per heavy atom. The SMILES string of the molecule is CCc1cccc(C)c1Nc1cc(Nc2ccccc2C(=O)OC)ncn1. The van der Waals surface area contributed by atoms with Gasteiger partial charge in [0.05, 0.1) is 18.4 Å². The van der Waals surface area contributed by atoms with Crippen molar-refractivity contribution in [3.63, 3.8) is 0 Å². The predicted molar refractivity (Wildman–Crippen MR) is 107 cm³/mol. The third kappa shape index (κ3) is 4.23. The second-order valence-corrected chi connectivity index (χ2v) is 6.04. The summed E-state index contributed by atoms with van der Waals surface area (Å²) in [4.78, 5) is 20.5. The number of methoxy groups -OCH3 is 1. The van der Waals surface area contributed by atoms with Gasteiger partial charge in [-0.1, -0.05) is 37.3 Å². The van der Waals surface area contributed by atoms with Gasteiger partial charge in [-0.2, -0.15) is 0 Å². The number of aromatic nitrogens is 2. The zero-order valence-corrected chi connectivity index (χ0v) is 15.6. The molecule has 0 amide bonds. The number of hydrogen-bond donors (Lipinski definition) is 2. The van der Waals surface area contributed by atoms with Crippen molar-refractivity contribution in [1.29, 1.82) is 0 Å². The highest BCUT2D eigenvalue weighted by Crippen LogP contribution is 2.26. The van der Waals surface area contributed by atoms with E-state index in [1.165, 1.54) is 19.0 Å². The van der Waals surface area contributed by atoms with Gasteiger partial charge in [0.25, 0.3) is 0 Å². The molecule has 0 saturated carbocycles. The van der Waals surface area contributed by atoms with Gasteiger partial charge in [0.15, 0.2) is 0 Å². The Bertz CT molecular complexity index is 956. The number of rotatable bonds is 6. The first-order valence-electron chi connectivity index (χ1n) is 8.74. The van der Waals surface area contributed by atoms with E-state index in [1.54, 1.807) is 24.3 Å². The number of aryl methyl sites for hydroxylation is 2. The topological polar surface area (TPSA) is 76.1 Å². The largest absolute Gasteiger partial charge is 0.465 e. The van der Waals surface area contributed by atoms with E-state index in [1.807, 2.05) is 6.07 Å². The van der Waals surface area contributed by atoms with Crippen LogP contribution >= 0.6 is 0 Å². The minimum atomic E-state index is -0.405. The Hall–Kier alpha value is -3.41. The first kappa shape index (κ1) is 18.4. The summed E-state index contributed by atoms with van der Waals surface area (Å²) in [6.07, 6.45) is 2.40. The molecule has 27 heavy (non-hydrogen) atoms. The summed E-state index contributed by atoms with van der Waals surface area (Å²) in [5.41, 5.74) is 4.50. The Morgan fingerprint density at radius 2 is 1.78 bits per heavy atom. The number of esters is 1. The molecule has 0 aliphatic carbocycles. The maximum absolute atomic E-state index is 11.9. The fraction of sp³-hybridized carbons (Fsp3) is 0.190. The van der Waals surface area contributed by atoms with E-state index in [-0.39, 0.29) is 0 Å². The normalized spacial score (nSPS) is 10.3. The smallest absolute Gasteiger partial charge is 0.339 e. The van der Waals surface area contributed by atoms with Gasteiger partial charge in [0, 0.05) is 11.8 Å². The van der Waals surface area contributed by atoms with Crippen molar-refractivity contribution in [2.24, 2.45) is 0 Å². The quantitative estimate of drug-likeness (QED) is 0.623. The lowest BCUT2D eigenvalue weighted by Gasteiger charge is -2.14. The van der Waals surface area contributed by atoms with Gasteiger partial charge in [-0.25, -0.2) is 14.8 Å². The molecular formula is C21H22N4O2. The molecule has 6 heteroatoms. The third-order valence-corrected chi connectivity index (χ3v) is 4.26. The molecule has 0 spiro atoms. The lowest BCUT2D eigenvalue weighted by molar-refractivity contribution is 0.0602. The third-order valence-electron chi connectivity index (χ3n) is 4.26. The molecular weight excluding hydrogens is 340 g/mol. The number of ether oxygens (including phenoxy) is 1. The van der Waals surface area contributed by atoms with Crippen LogP contribution < -0.4 is 10.6 Å². The monoisotopic (exact) mass is 362 g/mol. The molecule has 3 aromatic rings. The van der Waals surface area contributed by atoms with Crippen LogP contribution in [0.25, 0.3) is 0 Å². The fourth-order valence-electron chi connectivity index (χ4n) is 2.84. The van der Waals surface area contributed by atoms with E-state index >= 15 is 0 Å². The molecule has 1 heterocycles. The van der Waals surface area contributed by atoms with E-state index in [0.717, 1.165) is 17.7 Å². The second kappa shape index (κ2) is 8.31. The molecule has 0 aliphatic heterocycles. The number of nitrogens with zero attached hydrogens (tertiary/aromatic N) is 2. The van der Waals surface area contributed by atoms with Gasteiger partial charge in [-0.15, -0.1) is 0 Å². The van der Waals surface area contributed by atoms with Crippen LogP contribution in [0, 0.1) is 6.92 Å². The van der Waals surface area contributed by atoms with Crippen LogP contribution in [-0.4, -0.2) is 23.0 Å². The minimum Gasteiger partial charge on any atom is -0.465 e. The highest BCUT2D eigenvalue weighted by molar-refractivity contribution is 5.96. The van der Waals surface area contributed by atoms with Gasteiger partial charge in [0.1, 0.15) is 18.0 Å². The molecule has 3 rings (SSSR count). The standard InChI is InChI=1S/C21H22N4O2/c1-4-15-9-7-8-14(2)20(15)25-19-12-18(22-13-23-19)24-17-11-6-5-10-16(17)21(26)27-3/h5-13H,4H2,1-3H3,(H2,22,23,24,25). The molecule has 6 nitrogen and oxygen atoms in total. The first-order chi connectivity index (χ1) is 13.1. The number of carbonyl (C=O) groups excluding carboxylic acids is 1. The summed E-state index contributed by atoms with van der Waals surface area (Å²) in [6, 6.07) is 15.2. The molecule has 0 bridgehead atoms. The van der Waals surface area contributed by atoms with Crippen molar-refractivity contribution in [1.82, 2.24) is 9.97 Å². The van der Waals surface area contributed by atoms with Gasteiger partial charge < -0.3 is 15.4 Å². The average molecular weight is 362 g/mol. The molecule has 2 N–H and O–H groups in total. The van der Waals surface area contributed by atoms with Crippen LogP contribution in [-0.2, 0) is 11.2 Å². The number of anilines is 4. The van der Waals surface area contributed by atoms with Gasteiger partial charge in [-0.3, -0.25) is 0 Å². The Balaban J connectivity index is 1.87. The van der Waals surface area contributed by atoms with Gasteiger partial charge >= 0.3 is 5.97 Å². The van der Waals surface area contributed by atoms with Crippen LogP contribution in [0.2, 0.25) is 0 Å². The number of nitrogens with one attached hydrogen (secondary N) is 2. The molecule has 0 atom stereocenters. The Kier molecular flexibility index (Phi) is 5.66. The number of benzene rings is 2. The molecule has 0 aliphatic rings. The summed E-state index contributed by atoms with van der Waals surface area (Å²) in [7, 11) is 1.36. The van der Waals surface area contributed by atoms with Crippen LogP contribution in [0.1, 0.15) is 28.4 Å². The summed E-state index contributed by atoms with van der Waals surface area (Å²) < 4.78 is 4.83. The first-order valence-corrected chi connectivity index (χ1v) is 8.74. The number of carbonyl (C=O) groups is 1. The summed E-state index contributed by atoms with van der Waals surface area (Å²) >= 11 is 0. The molecule has 138 valence electrons. The molecule has 1 aromatic heterocycles. The Morgan fingerprint density at radius 1 is 1.04 bits per heavy atom. The van der Waals surface area contributed by atoms with Crippen LogP contribution in [0.3, 0.4) is 0 Å². The second-order valence-electron chi connectivity index (χ2n) is 6.04. The zero-order chi connectivity index (χ0) is 19.2. The van der Waals surface area contributed by atoms with Gasteiger partial charge in [-0.05, 0) is 36.6 Å². The maximum atomic E-state index is 11.9. The molecule has 0 radical (unpaired) electrons. The van der Waals surface area contributed by atoms with E-state index in [9.17, 15) is 4.79 Å². The molecule has 0 unspecified atom stereocenters. The maximum Gasteiger partial charge on any atom is 0.339 e. The lowest BCUT2D eigenvalue weighted by atomic mass is 10.1. The van der Waals surface area contributed by atoms with Crippen molar-refractivity contribution in [2.75, 3.05) is 17.7 Å². The fourth-order valence-corrected chi connectivity index (χ4v) is 2.84. The Labute approximate surface area is 158 Å². The highest BCUT2D eigenvalue weighted by Gasteiger charge is 2.12. The van der Waals surface area contributed by atoms with Crippen LogP contribution in [0.5, 0.6) is 0 Å². The van der Waals surface area contributed by atoms with Crippen molar-refractivity contribution in [3.05, 3.63) is 71.5 Å². The number of hydrogen-bond acceptors (Lipinski definition) is 6. The minimum absolute atomic E-state index is 0.405. The van der Waals surface area contributed by atoms with Gasteiger partial charge in [0.2, 0.25) is 0 Å². The molecule has 0 fully saturated rings. The van der Waals surface area contributed by atoms with Crippen molar-refractivity contribution in [3.8, 4) is 0 Å². The van der Waals surface area contributed by atoms with E-state index in [2.05, 4.69) is 52.6 Å². The van der Waals surface area contributed by atoms with Crippen LogP contribution in [0.15, 0.2) is 54.9 Å². The van der Waals surface area contributed by atoms with Crippen molar-refractivity contribution in [2.45, 2.75) is 20.3 Å². The summed E-state index contributed by atoms with van der Waals surface area (Å²) in [5.74, 6) is 0.848. The summed E-state index contributed by atoms with van der Waals surface area (Å²) in [6.45, 7) is 4.19.